The Hall–Kier alpha value is -2.38. The van der Waals surface area contributed by atoms with Crippen molar-refractivity contribution in [1.29, 1.82) is 0 Å². The second kappa shape index (κ2) is 8.82. The Kier molecular flexibility index (Phi) is 6.76. The van der Waals surface area contributed by atoms with Crippen molar-refractivity contribution in [3.8, 4) is 0 Å². The molecule has 0 saturated heterocycles. The van der Waals surface area contributed by atoms with Gasteiger partial charge in [-0.25, -0.2) is 13.5 Å². The first-order valence-corrected chi connectivity index (χ1v) is 9.89. The summed E-state index contributed by atoms with van der Waals surface area (Å²) in [6.07, 6.45) is 3.18. The highest BCUT2D eigenvalue weighted by Crippen LogP contribution is 2.19. The Balaban J connectivity index is 2.18. The SMILES string of the molecule is CCCCc1ccc(NS(=O)(=O)c2cccc(C(=O)N(C)OC)c2)cc1. The normalized spacial score (nSPS) is 11.2. The zero-order chi connectivity index (χ0) is 19.2. The fourth-order valence-electron chi connectivity index (χ4n) is 2.40. The lowest BCUT2D eigenvalue weighted by molar-refractivity contribution is -0.0757. The zero-order valence-corrected chi connectivity index (χ0v) is 16.0. The topological polar surface area (TPSA) is 75.7 Å². The van der Waals surface area contributed by atoms with Gasteiger partial charge in [-0.1, -0.05) is 31.5 Å². The van der Waals surface area contributed by atoms with Gasteiger partial charge in [0.15, 0.2) is 0 Å². The predicted octanol–water partition coefficient (Wildman–Crippen LogP) is 3.46. The lowest BCUT2D eigenvalue weighted by Crippen LogP contribution is -2.25. The summed E-state index contributed by atoms with van der Waals surface area (Å²) in [5.74, 6) is -0.426. The molecule has 2 aromatic rings. The minimum atomic E-state index is -3.79. The van der Waals surface area contributed by atoms with Crippen molar-refractivity contribution in [3.63, 3.8) is 0 Å². The molecule has 0 fully saturated rings. The average Bonchev–Trinajstić information content (AvgIpc) is 2.66. The number of carbonyl (C=O) groups is 1. The van der Waals surface area contributed by atoms with Gasteiger partial charge in [0, 0.05) is 18.3 Å². The van der Waals surface area contributed by atoms with E-state index in [0.29, 0.717) is 5.69 Å². The second-order valence-electron chi connectivity index (χ2n) is 5.92. The molecule has 0 aromatic heterocycles. The highest BCUT2D eigenvalue weighted by atomic mass is 32.2. The van der Waals surface area contributed by atoms with Crippen molar-refractivity contribution in [2.75, 3.05) is 18.9 Å². The number of benzene rings is 2. The molecule has 0 unspecified atom stereocenters. The number of nitrogens with one attached hydrogen (secondary N) is 1. The number of hydrogen-bond donors (Lipinski definition) is 1. The van der Waals surface area contributed by atoms with Gasteiger partial charge < -0.3 is 0 Å². The van der Waals surface area contributed by atoms with Crippen LogP contribution < -0.4 is 4.72 Å². The van der Waals surface area contributed by atoms with E-state index < -0.39 is 15.9 Å². The van der Waals surface area contributed by atoms with Gasteiger partial charge in [-0.15, -0.1) is 0 Å². The van der Waals surface area contributed by atoms with Gasteiger partial charge in [0.1, 0.15) is 0 Å². The largest absolute Gasteiger partial charge is 0.280 e. The Labute approximate surface area is 154 Å². The van der Waals surface area contributed by atoms with Crippen molar-refractivity contribution >= 4 is 21.6 Å². The molecule has 7 heteroatoms. The third-order valence-corrected chi connectivity index (χ3v) is 5.36. The molecule has 1 amide bonds. The Morgan fingerprint density at radius 3 is 2.46 bits per heavy atom. The number of aryl methyl sites for hydroxylation is 1. The molecule has 140 valence electrons. The molecule has 0 aliphatic carbocycles. The van der Waals surface area contributed by atoms with Gasteiger partial charge in [-0.3, -0.25) is 14.4 Å². The minimum Gasteiger partial charge on any atom is -0.280 e. The standard InChI is InChI=1S/C19H24N2O4S/c1-4-5-7-15-10-12-17(13-11-15)20-26(23,24)18-9-6-8-16(14-18)19(22)21(2)25-3/h6,8-14,20H,4-5,7H2,1-3H3. The summed E-state index contributed by atoms with van der Waals surface area (Å²) in [6.45, 7) is 2.13. The van der Waals surface area contributed by atoms with Crippen molar-refractivity contribution in [1.82, 2.24) is 5.06 Å². The number of nitrogens with zero attached hydrogens (tertiary/aromatic N) is 1. The van der Waals surface area contributed by atoms with E-state index in [1.54, 1.807) is 18.2 Å². The van der Waals surface area contributed by atoms with Crippen molar-refractivity contribution < 1.29 is 18.0 Å². The van der Waals surface area contributed by atoms with Gasteiger partial charge in [0.05, 0.1) is 12.0 Å². The number of hydroxylamine groups is 2. The number of sulfonamides is 1. The lowest BCUT2D eigenvalue weighted by Gasteiger charge is -2.14. The average molecular weight is 376 g/mol. The quantitative estimate of drug-likeness (QED) is 0.716. The summed E-state index contributed by atoms with van der Waals surface area (Å²) < 4.78 is 27.8. The van der Waals surface area contributed by atoms with Gasteiger partial charge >= 0.3 is 0 Å². The monoisotopic (exact) mass is 376 g/mol. The van der Waals surface area contributed by atoms with Crippen LogP contribution in [0.4, 0.5) is 5.69 Å². The maximum atomic E-state index is 12.6. The number of anilines is 1. The minimum absolute atomic E-state index is 0.0166. The molecular weight excluding hydrogens is 352 g/mol. The van der Waals surface area contributed by atoms with Crippen LogP contribution in [-0.4, -0.2) is 33.5 Å². The summed E-state index contributed by atoms with van der Waals surface area (Å²) in [6, 6.07) is 13.2. The highest BCUT2D eigenvalue weighted by molar-refractivity contribution is 7.92. The van der Waals surface area contributed by atoms with Crippen LogP contribution in [0.5, 0.6) is 0 Å². The third-order valence-electron chi connectivity index (χ3n) is 3.98. The van der Waals surface area contributed by atoms with E-state index in [4.69, 9.17) is 4.84 Å². The molecule has 2 aromatic carbocycles. The highest BCUT2D eigenvalue weighted by Gasteiger charge is 2.18. The first-order chi connectivity index (χ1) is 12.4. The summed E-state index contributed by atoms with van der Waals surface area (Å²) in [7, 11) is -0.968. The summed E-state index contributed by atoms with van der Waals surface area (Å²) in [4.78, 5) is 17.0. The molecule has 0 spiro atoms. The van der Waals surface area contributed by atoms with Gasteiger partial charge in [0.25, 0.3) is 15.9 Å². The number of rotatable bonds is 8. The molecule has 2 rings (SSSR count). The van der Waals surface area contributed by atoms with Crippen molar-refractivity contribution in [2.45, 2.75) is 31.1 Å². The van der Waals surface area contributed by atoms with E-state index >= 15 is 0 Å². The number of amides is 1. The van der Waals surface area contributed by atoms with E-state index in [2.05, 4.69) is 11.6 Å². The third kappa shape index (κ3) is 5.06. The summed E-state index contributed by atoms with van der Waals surface area (Å²) >= 11 is 0. The van der Waals surface area contributed by atoms with Crippen LogP contribution in [0.2, 0.25) is 0 Å². The molecule has 6 nitrogen and oxygen atoms in total. The van der Waals surface area contributed by atoms with Gasteiger partial charge in [-0.05, 0) is 48.7 Å². The maximum Gasteiger partial charge on any atom is 0.277 e. The van der Waals surface area contributed by atoms with Crippen LogP contribution in [0.3, 0.4) is 0 Å². The Morgan fingerprint density at radius 1 is 1.15 bits per heavy atom. The smallest absolute Gasteiger partial charge is 0.277 e. The van der Waals surface area contributed by atoms with E-state index in [1.165, 1.54) is 37.9 Å². The van der Waals surface area contributed by atoms with Crippen LogP contribution in [0.25, 0.3) is 0 Å². The maximum absolute atomic E-state index is 12.6. The van der Waals surface area contributed by atoms with Gasteiger partial charge in [-0.2, -0.15) is 0 Å². The Morgan fingerprint density at radius 2 is 1.85 bits per heavy atom. The van der Waals surface area contributed by atoms with Crippen LogP contribution >= 0.6 is 0 Å². The second-order valence-corrected chi connectivity index (χ2v) is 7.60. The van der Waals surface area contributed by atoms with E-state index in [1.807, 2.05) is 12.1 Å². The molecule has 0 aliphatic heterocycles. The molecule has 0 aliphatic rings. The van der Waals surface area contributed by atoms with Crippen LogP contribution in [0, 0.1) is 0 Å². The molecule has 0 saturated carbocycles. The molecule has 0 atom stereocenters. The van der Waals surface area contributed by atoms with Crippen molar-refractivity contribution in [2.24, 2.45) is 0 Å². The number of carbonyl (C=O) groups excluding carboxylic acids is 1. The molecule has 0 radical (unpaired) electrons. The zero-order valence-electron chi connectivity index (χ0n) is 15.2. The first-order valence-electron chi connectivity index (χ1n) is 8.41. The molecule has 0 heterocycles. The fourth-order valence-corrected chi connectivity index (χ4v) is 3.50. The lowest BCUT2D eigenvalue weighted by atomic mass is 10.1. The van der Waals surface area contributed by atoms with Crippen LogP contribution in [0.15, 0.2) is 53.4 Å². The van der Waals surface area contributed by atoms with Crippen LogP contribution in [0.1, 0.15) is 35.7 Å². The molecule has 1 N–H and O–H groups in total. The summed E-state index contributed by atoms with van der Waals surface area (Å²) in [5.41, 5.74) is 1.88. The predicted molar refractivity (Wildman–Crippen MR) is 101 cm³/mol. The molecule has 26 heavy (non-hydrogen) atoms. The first kappa shape index (κ1) is 19.9. The van der Waals surface area contributed by atoms with E-state index in [-0.39, 0.29) is 10.5 Å². The van der Waals surface area contributed by atoms with Crippen LogP contribution in [-0.2, 0) is 21.3 Å². The molecule has 0 bridgehead atoms. The fraction of sp³-hybridized carbons (Fsp3) is 0.316. The summed E-state index contributed by atoms with van der Waals surface area (Å²) in [5, 5.41) is 1.04. The van der Waals surface area contributed by atoms with Crippen molar-refractivity contribution in [3.05, 3.63) is 59.7 Å². The van der Waals surface area contributed by atoms with E-state index in [9.17, 15) is 13.2 Å². The number of unbranched alkanes of at least 4 members (excludes halogenated alkanes) is 1. The Bertz CT molecular complexity index is 848. The molecular formula is C19H24N2O4S. The number of hydrogen-bond acceptors (Lipinski definition) is 4. The van der Waals surface area contributed by atoms with E-state index in [0.717, 1.165) is 24.3 Å². The van der Waals surface area contributed by atoms with Gasteiger partial charge in [0.2, 0.25) is 0 Å².